The molecule has 2 aromatic rings. The van der Waals surface area contributed by atoms with Gasteiger partial charge in [0, 0.05) is 38.1 Å². The van der Waals surface area contributed by atoms with E-state index in [1.807, 2.05) is 0 Å². The Morgan fingerprint density at radius 1 is 1.22 bits per heavy atom. The van der Waals surface area contributed by atoms with Crippen LogP contribution in [0.25, 0.3) is 0 Å². The third-order valence-corrected chi connectivity index (χ3v) is 5.52. The van der Waals surface area contributed by atoms with E-state index in [0.717, 1.165) is 43.9 Å². The van der Waals surface area contributed by atoms with Gasteiger partial charge in [-0.3, -0.25) is 4.90 Å². The second kappa shape index (κ2) is 8.93. The Morgan fingerprint density at radius 2 is 1.93 bits per heavy atom. The van der Waals surface area contributed by atoms with Crippen LogP contribution in [0.5, 0.6) is 0 Å². The van der Waals surface area contributed by atoms with Crippen LogP contribution in [-0.4, -0.2) is 62.7 Å². The average Bonchev–Trinajstić information content (AvgIpc) is 2.65. The smallest absolute Gasteiger partial charge is 0.238 e. The van der Waals surface area contributed by atoms with Gasteiger partial charge in [0.2, 0.25) is 16.0 Å². The molecule has 11 heteroatoms. The first kappa shape index (κ1) is 20.0. The summed E-state index contributed by atoms with van der Waals surface area (Å²) in [6.45, 7) is 5.07. The zero-order chi connectivity index (χ0) is 19.3. The van der Waals surface area contributed by atoms with E-state index in [2.05, 4.69) is 41.4 Å². The van der Waals surface area contributed by atoms with Gasteiger partial charge in [-0.25, -0.2) is 18.5 Å². The molecule has 4 N–H and O–H groups in total. The Bertz CT molecular complexity index is 872. The molecule has 9 nitrogen and oxygen atoms in total. The number of halogens is 1. The summed E-state index contributed by atoms with van der Waals surface area (Å²) in [5.74, 6) is 1.08. The number of anilines is 3. The first-order valence-electron chi connectivity index (χ1n) is 8.38. The zero-order valence-electron chi connectivity index (χ0n) is 14.6. The van der Waals surface area contributed by atoms with Crippen LogP contribution in [0.3, 0.4) is 0 Å². The van der Waals surface area contributed by atoms with E-state index in [9.17, 15) is 8.42 Å². The van der Waals surface area contributed by atoms with Crippen LogP contribution < -0.4 is 15.8 Å². The average molecular weight is 457 g/mol. The van der Waals surface area contributed by atoms with E-state index in [1.54, 1.807) is 18.3 Å². The minimum Gasteiger partial charge on any atom is -0.379 e. The molecule has 0 aliphatic carbocycles. The zero-order valence-corrected chi connectivity index (χ0v) is 17.0. The van der Waals surface area contributed by atoms with Gasteiger partial charge in [0.1, 0.15) is 5.82 Å². The lowest BCUT2D eigenvalue weighted by molar-refractivity contribution is 0.0398. The van der Waals surface area contributed by atoms with Crippen molar-refractivity contribution in [3.63, 3.8) is 0 Å². The van der Waals surface area contributed by atoms with Crippen molar-refractivity contribution < 1.29 is 13.2 Å². The van der Waals surface area contributed by atoms with Crippen molar-refractivity contribution in [2.45, 2.75) is 4.90 Å². The predicted molar refractivity (Wildman–Crippen MR) is 107 cm³/mol. The molecule has 3 rings (SSSR count). The Hall–Kier alpha value is -1.79. The number of ether oxygens (including phenoxy) is 1. The van der Waals surface area contributed by atoms with E-state index in [0.29, 0.717) is 17.5 Å². The molecule has 0 saturated carbocycles. The number of aromatic nitrogens is 2. The van der Waals surface area contributed by atoms with Crippen molar-refractivity contribution >= 4 is 43.4 Å². The SMILES string of the molecule is NS(=O)(=O)c1ccc(Nc2ncc(Br)c(NCCN3CCOCC3)n2)cc1. The normalized spacial score (nSPS) is 15.5. The molecule has 1 aromatic carbocycles. The van der Waals surface area contributed by atoms with Gasteiger partial charge >= 0.3 is 0 Å². The van der Waals surface area contributed by atoms with Crippen LogP contribution in [0.1, 0.15) is 0 Å². The highest BCUT2D eigenvalue weighted by Gasteiger charge is 2.11. The predicted octanol–water partition coefficient (Wildman–Crippen LogP) is 1.37. The number of nitrogens with two attached hydrogens (primary N) is 1. The minimum atomic E-state index is -3.71. The highest BCUT2D eigenvalue weighted by Crippen LogP contribution is 2.22. The molecule has 2 heterocycles. The third kappa shape index (κ3) is 5.84. The maximum atomic E-state index is 11.3. The van der Waals surface area contributed by atoms with E-state index in [4.69, 9.17) is 9.88 Å². The largest absolute Gasteiger partial charge is 0.379 e. The van der Waals surface area contributed by atoms with Crippen molar-refractivity contribution in [3.8, 4) is 0 Å². The summed E-state index contributed by atoms with van der Waals surface area (Å²) in [5, 5.41) is 11.4. The van der Waals surface area contributed by atoms with Gasteiger partial charge in [-0.15, -0.1) is 0 Å². The van der Waals surface area contributed by atoms with Gasteiger partial charge in [-0.05, 0) is 40.2 Å². The number of nitrogens with zero attached hydrogens (tertiary/aromatic N) is 3. The number of sulfonamides is 1. The highest BCUT2D eigenvalue weighted by molar-refractivity contribution is 9.10. The molecule has 27 heavy (non-hydrogen) atoms. The van der Waals surface area contributed by atoms with Crippen molar-refractivity contribution in [2.75, 3.05) is 50.0 Å². The number of rotatable bonds is 7. The van der Waals surface area contributed by atoms with Crippen LogP contribution in [0.4, 0.5) is 17.5 Å². The van der Waals surface area contributed by atoms with E-state index in [-0.39, 0.29) is 4.90 Å². The molecule has 0 atom stereocenters. The first-order chi connectivity index (χ1) is 12.9. The molecule has 0 amide bonds. The van der Waals surface area contributed by atoms with Crippen molar-refractivity contribution in [1.29, 1.82) is 0 Å². The maximum absolute atomic E-state index is 11.3. The van der Waals surface area contributed by atoms with Gasteiger partial charge < -0.3 is 15.4 Å². The molecule has 146 valence electrons. The fraction of sp³-hybridized carbons (Fsp3) is 0.375. The maximum Gasteiger partial charge on any atom is 0.238 e. The molecule has 1 aliphatic rings. The van der Waals surface area contributed by atoms with Crippen LogP contribution in [0, 0.1) is 0 Å². The fourth-order valence-electron chi connectivity index (χ4n) is 2.57. The topological polar surface area (TPSA) is 122 Å². The van der Waals surface area contributed by atoms with Crippen molar-refractivity contribution in [1.82, 2.24) is 14.9 Å². The molecule has 0 unspecified atom stereocenters. The molecule has 1 aromatic heterocycles. The lowest BCUT2D eigenvalue weighted by Gasteiger charge is -2.26. The molecular weight excluding hydrogens is 436 g/mol. The summed E-state index contributed by atoms with van der Waals surface area (Å²) in [7, 11) is -3.71. The van der Waals surface area contributed by atoms with Gasteiger partial charge in [0.25, 0.3) is 0 Å². The van der Waals surface area contributed by atoms with Crippen LogP contribution in [0.2, 0.25) is 0 Å². The fourth-order valence-corrected chi connectivity index (χ4v) is 3.41. The number of benzene rings is 1. The summed E-state index contributed by atoms with van der Waals surface area (Å²) in [6.07, 6.45) is 1.66. The summed E-state index contributed by atoms with van der Waals surface area (Å²) >= 11 is 3.44. The van der Waals surface area contributed by atoms with Gasteiger partial charge in [0.05, 0.1) is 22.6 Å². The molecule has 1 aliphatic heterocycles. The second-order valence-corrected chi connectivity index (χ2v) is 8.38. The molecule has 0 radical (unpaired) electrons. The molecule has 0 spiro atoms. The van der Waals surface area contributed by atoms with Crippen LogP contribution in [0.15, 0.2) is 39.8 Å². The third-order valence-electron chi connectivity index (χ3n) is 4.01. The van der Waals surface area contributed by atoms with E-state index < -0.39 is 10.0 Å². The Labute approximate surface area is 166 Å². The second-order valence-electron chi connectivity index (χ2n) is 5.97. The van der Waals surface area contributed by atoms with Gasteiger partial charge in [0.15, 0.2) is 0 Å². The lowest BCUT2D eigenvalue weighted by Crippen LogP contribution is -2.39. The first-order valence-corrected chi connectivity index (χ1v) is 10.7. The summed E-state index contributed by atoms with van der Waals surface area (Å²) in [5.41, 5.74) is 0.656. The summed E-state index contributed by atoms with van der Waals surface area (Å²) in [6, 6.07) is 6.07. The summed E-state index contributed by atoms with van der Waals surface area (Å²) in [4.78, 5) is 11.1. The number of hydrogen-bond acceptors (Lipinski definition) is 8. The Morgan fingerprint density at radius 3 is 2.59 bits per heavy atom. The molecule has 1 fully saturated rings. The van der Waals surface area contributed by atoms with Crippen molar-refractivity contribution in [3.05, 3.63) is 34.9 Å². The number of nitrogens with one attached hydrogen (secondary N) is 2. The summed E-state index contributed by atoms with van der Waals surface area (Å²) < 4.78 is 28.7. The lowest BCUT2D eigenvalue weighted by atomic mass is 10.3. The van der Waals surface area contributed by atoms with E-state index >= 15 is 0 Å². The highest BCUT2D eigenvalue weighted by atomic mass is 79.9. The van der Waals surface area contributed by atoms with Gasteiger partial charge in [-0.1, -0.05) is 0 Å². The number of primary sulfonamides is 1. The Kier molecular flexibility index (Phi) is 6.60. The minimum absolute atomic E-state index is 0.0512. The van der Waals surface area contributed by atoms with Crippen LogP contribution >= 0.6 is 15.9 Å². The standard InChI is InChI=1S/C16H21BrN6O3S/c17-14-11-20-16(21-12-1-3-13(4-2-12)27(18,24)25)22-15(14)19-5-6-23-7-9-26-10-8-23/h1-4,11H,5-10H2,(H2,18,24,25)(H2,19,20,21,22). The molecular formula is C16H21BrN6O3S. The number of morpholine rings is 1. The van der Waals surface area contributed by atoms with Gasteiger partial charge in [-0.2, -0.15) is 4.98 Å². The monoisotopic (exact) mass is 456 g/mol. The van der Waals surface area contributed by atoms with E-state index in [1.165, 1.54) is 12.1 Å². The quantitative estimate of drug-likeness (QED) is 0.570. The molecule has 1 saturated heterocycles. The van der Waals surface area contributed by atoms with Crippen LogP contribution in [-0.2, 0) is 14.8 Å². The van der Waals surface area contributed by atoms with Crippen molar-refractivity contribution in [2.24, 2.45) is 5.14 Å². The number of hydrogen-bond donors (Lipinski definition) is 3. The molecule has 0 bridgehead atoms. The Balaban J connectivity index is 1.60.